The minimum atomic E-state index is -0.461. The number of benzene rings is 1. The van der Waals surface area contributed by atoms with Crippen LogP contribution in [-0.2, 0) is 9.59 Å². The summed E-state index contributed by atoms with van der Waals surface area (Å²) in [5, 5.41) is 9.45. The van der Waals surface area contributed by atoms with E-state index in [-0.39, 0.29) is 23.9 Å². The van der Waals surface area contributed by atoms with Crippen LogP contribution in [0.5, 0.6) is 0 Å². The Morgan fingerprint density at radius 3 is 2.64 bits per heavy atom. The highest BCUT2D eigenvalue weighted by atomic mass is 16.2. The summed E-state index contributed by atoms with van der Waals surface area (Å²) in [6.45, 7) is 1.69. The lowest BCUT2D eigenvalue weighted by molar-refractivity contribution is -0.138. The van der Waals surface area contributed by atoms with E-state index in [9.17, 15) is 14.9 Å². The number of aldehydes is 1. The first kappa shape index (κ1) is 16.2. The third-order valence-corrected chi connectivity index (χ3v) is 4.54. The lowest BCUT2D eigenvalue weighted by Gasteiger charge is -2.30. The Labute approximate surface area is 131 Å². The molecule has 0 aliphatic carbocycles. The Kier molecular flexibility index (Phi) is 4.94. The fourth-order valence-corrected chi connectivity index (χ4v) is 3.06. The number of nitriles is 1. The average Bonchev–Trinajstić information content (AvgIpc) is 2.90. The predicted molar refractivity (Wildman–Crippen MR) is 82.8 cm³/mol. The zero-order chi connectivity index (χ0) is 16.3. The van der Waals surface area contributed by atoms with Gasteiger partial charge in [-0.3, -0.25) is 9.69 Å². The summed E-state index contributed by atoms with van der Waals surface area (Å²) in [7, 11) is 3.50. The molecular formula is C17H21N3O2. The Bertz CT molecular complexity index is 581. The molecule has 1 aromatic rings. The number of hydrogen-bond acceptors (Lipinski definition) is 4. The van der Waals surface area contributed by atoms with E-state index in [4.69, 9.17) is 0 Å². The SMILES string of the molecule is C[C@H](C=O)N(C)C(=O)C1CC(C#N)C(c2ccccc2)N1C. The molecule has 1 heterocycles. The molecule has 2 rings (SSSR count). The maximum absolute atomic E-state index is 12.6. The molecule has 0 radical (unpaired) electrons. The van der Waals surface area contributed by atoms with Crippen molar-refractivity contribution in [2.24, 2.45) is 5.92 Å². The van der Waals surface area contributed by atoms with Crippen molar-refractivity contribution < 1.29 is 9.59 Å². The molecule has 22 heavy (non-hydrogen) atoms. The first-order valence-electron chi connectivity index (χ1n) is 7.39. The smallest absolute Gasteiger partial charge is 0.240 e. The Balaban J connectivity index is 2.25. The van der Waals surface area contributed by atoms with Crippen LogP contribution in [-0.4, -0.2) is 48.2 Å². The van der Waals surface area contributed by atoms with Gasteiger partial charge in [0, 0.05) is 7.05 Å². The van der Waals surface area contributed by atoms with Gasteiger partial charge in [-0.15, -0.1) is 0 Å². The minimum Gasteiger partial charge on any atom is -0.335 e. The third kappa shape index (κ3) is 2.88. The van der Waals surface area contributed by atoms with Crippen LogP contribution < -0.4 is 0 Å². The van der Waals surface area contributed by atoms with Gasteiger partial charge in [0.25, 0.3) is 0 Å². The molecule has 5 heteroatoms. The Hall–Kier alpha value is -2.19. The van der Waals surface area contributed by atoms with Gasteiger partial charge in [-0.25, -0.2) is 0 Å². The van der Waals surface area contributed by atoms with Crippen molar-refractivity contribution in [2.75, 3.05) is 14.1 Å². The summed E-state index contributed by atoms with van der Waals surface area (Å²) in [4.78, 5) is 26.9. The fourth-order valence-electron chi connectivity index (χ4n) is 3.06. The van der Waals surface area contributed by atoms with Crippen LogP contribution in [0.15, 0.2) is 30.3 Å². The molecule has 3 unspecified atom stereocenters. The molecule has 0 bridgehead atoms. The summed E-state index contributed by atoms with van der Waals surface area (Å²) in [5.74, 6) is -0.345. The second-order valence-corrected chi connectivity index (χ2v) is 5.83. The predicted octanol–water partition coefficient (Wildman–Crippen LogP) is 1.62. The number of likely N-dealkylation sites (N-methyl/N-ethyl adjacent to an activating group) is 2. The molecule has 1 fully saturated rings. The fraction of sp³-hybridized carbons (Fsp3) is 0.471. The molecule has 1 aliphatic rings. The molecule has 1 aromatic carbocycles. The molecule has 0 aromatic heterocycles. The van der Waals surface area contributed by atoms with Crippen LogP contribution in [0.25, 0.3) is 0 Å². The first-order valence-corrected chi connectivity index (χ1v) is 7.39. The highest BCUT2D eigenvalue weighted by molar-refractivity contribution is 5.84. The van der Waals surface area contributed by atoms with Crippen LogP contribution in [0, 0.1) is 17.2 Å². The highest BCUT2D eigenvalue weighted by Crippen LogP contribution is 2.40. The van der Waals surface area contributed by atoms with Crippen molar-refractivity contribution in [1.29, 1.82) is 5.26 Å². The zero-order valence-corrected chi connectivity index (χ0v) is 13.1. The molecule has 4 atom stereocenters. The Morgan fingerprint density at radius 2 is 2.09 bits per heavy atom. The molecule has 1 amide bonds. The van der Waals surface area contributed by atoms with Crippen LogP contribution in [0.2, 0.25) is 0 Å². The van der Waals surface area contributed by atoms with E-state index in [1.54, 1.807) is 14.0 Å². The summed E-state index contributed by atoms with van der Waals surface area (Å²) in [6, 6.07) is 11.2. The van der Waals surface area contributed by atoms with E-state index >= 15 is 0 Å². The number of nitrogens with zero attached hydrogens (tertiary/aromatic N) is 3. The van der Waals surface area contributed by atoms with E-state index in [2.05, 4.69) is 6.07 Å². The number of hydrogen-bond donors (Lipinski definition) is 0. The van der Waals surface area contributed by atoms with Gasteiger partial charge in [0.1, 0.15) is 6.29 Å². The van der Waals surface area contributed by atoms with Crippen molar-refractivity contribution in [3.63, 3.8) is 0 Å². The maximum Gasteiger partial charge on any atom is 0.240 e. The maximum atomic E-state index is 12.6. The van der Waals surface area contributed by atoms with Crippen molar-refractivity contribution in [2.45, 2.75) is 31.5 Å². The summed E-state index contributed by atoms with van der Waals surface area (Å²) < 4.78 is 0. The quantitative estimate of drug-likeness (QED) is 0.792. The molecular weight excluding hydrogens is 278 g/mol. The molecule has 0 N–H and O–H groups in total. The molecule has 1 saturated heterocycles. The average molecular weight is 299 g/mol. The molecule has 1 aliphatic heterocycles. The standard InChI is InChI=1S/C17H21N3O2/c1-12(11-21)19(2)17(22)15-9-14(10-18)16(20(15)3)13-7-5-4-6-8-13/h4-8,11-12,14-16H,9H2,1-3H3/t12-,14?,15?,16?/m1/s1. The third-order valence-electron chi connectivity index (χ3n) is 4.54. The van der Waals surface area contributed by atoms with Crippen LogP contribution >= 0.6 is 0 Å². The van der Waals surface area contributed by atoms with Gasteiger partial charge < -0.3 is 9.69 Å². The number of carbonyl (C=O) groups excluding carboxylic acids is 2. The summed E-state index contributed by atoms with van der Waals surface area (Å²) >= 11 is 0. The van der Waals surface area contributed by atoms with Crippen LogP contribution in [0.3, 0.4) is 0 Å². The van der Waals surface area contributed by atoms with E-state index < -0.39 is 6.04 Å². The topological polar surface area (TPSA) is 64.4 Å². The molecule has 0 saturated carbocycles. The van der Waals surface area contributed by atoms with Crippen molar-refractivity contribution >= 4 is 12.2 Å². The van der Waals surface area contributed by atoms with E-state index in [1.165, 1.54) is 4.90 Å². The van der Waals surface area contributed by atoms with Gasteiger partial charge in [-0.2, -0.15) is 5.26 Å². The first-order chi connectivity index (χ1) is 10.5. The van der Waals surface area contributed by atoms with Crippen molar-refractivity contribution in [3.8, 4) is 6.07 Å². The second kappa shape index (κ2) is 6.71. The van der Waals surface area contributed by atoms with Crippen molar-refractivity contribution in [3.05, 3.63) is 35.9 Å². The van der Waals surface area contributed by atoms with Gasteiger partial charge in [-0.1, -0.05) is 30.3 Å². The summed E-state index contributed by atoms with van der Waals surface area (Å²) in [5.41, 5.74) is 1.04. The molecule has 116 valence electrons. The summed E-state index contributed by atoms with van der Waals surface area (Å²) in [6.07, 6.45) is 1.24. The van der Waals surface area contributed by atoms with E-state index in [0.29, 0.717) is 6.42 Å². The highest BCUT2D eigenvalue weighted by Gasteiger charge is 2.44. The van der Waals surface area contributed by atoms with E-state index in [0.717, 1.165) is 11.8 Å². The van der Waals surface area contributed by atoms with Gasteiger partial charge in [0.2, 0.25) is 5.91 Å². The largest absolute Gasteiger partial charge is 0.335 e. The number of carbonyl (C=O) groups is 2. The number of likely N-dealkylation sites (tertiary alicyclic amines) is 1. The zero-order valence-electron chi connectivity index (χ0n) is 13.1. The monoisotopic (exact) mass is 299 g/mol. The van der Waals surface area contributed by atoms with Crippen molar-refractivity contribution in [1.82, 2.24) is 9.80 Å². The second-order valence-electron chi connectivity index (χ2n) is 5.83. The lowest BCUT2D eigenvalue weighted by atomic mass is 9.94. The van der Waals surface area contributed by atoms with E-state index in [1.807, 2.05) is 42.3 Å². The number of rotatable bonds is 4. The van der Waals surface area contributed by atoms with Gasteiger partial charge >= 0.3 is 0 Å². The van der Waals surface area contributed by atoms with Gasteiger partial charge in [0.15, 0.2) is 0 Å². The molecule has 0 spiro atoms. The Morgan fingerprint density at radius 1 is 1.45 bits per heavy atom. The normalized spacial score (nSPS) is 26.2. The molecule has 5 nitrogen and oxygen atoms in total. The van der Waals surface area contributed by atoms with Crippen LogP contribution in [0.4, 0.5) is 0 Å². The van der Waals surface area contributed by atoms with Crippen LogP contribution in [0.1, 0.15) is 24.9 Å². The lowest BCUT2D eigenvalue weighted by Crippen LogP contribution is -2.46. The van der Waals surface area contributed by atoms with Gasteiger partial charge in [0.05, 0.1) is 30.1 Å². The minimum absolute atomic E-state index is 0.0971. The van der Waals surface area contributed by atoms with Gasteiger partial charge in [-0.05, 0) is 26.0 Å². The number of amides is 1.